The molecule has 0 radical (unpaired) electrons. The van der Waals surface area contributed by atoms with Gasteiger partial charge in [-0.1, -0.05) is 74.6 Å². The van der Waals surface area contributed by atoms with Crippen LogP contribution in [0.15, 0.2) is 42.5 Å². The number of carbonyl (C=O) groups is 1. The quantitative estimate of drug-likeness (QED) is 0.702. The Morgan fingerprint density at radius 1 is 1.11 bits per heavy atom. The molecule has 0 aliphatic heterocycles. The second kappa shape index (κ2) is 10.0. The summed E-state index contributed by atoms with van der Waals surface area (Å²) in [6.07, 6.45) is 7.00. The van der Waals surface area contributed by atoms with Crippen molar-refractivity contribution < 1.29 is 9.53 Å². The lowest BCUT2D eigenvalue weighted by Gasteiger charge is -2.31. The van der Waals surface area contributed by atoms with Gasteiger partial charge in [0.2, 0.25) is 0 Å². The van der Waals surface area contributed by atoms with Gasteiger partial charge in [0, 0.05) is 13.2 Å². The summed E-state index contributed by atoms with van der Waals surface area (Å²) in [5.74, 6) is 0.644. The lowest BCUT2D eigenvalue weighted by atomic mass is 9.83. The molecule has 1 aliphatic rings. The maximum absolute atomic E-state index is 13.1. The monoisotopic (exact) mass is 382 g/mol. The van der Waals surface area contributed by atoms with E-state index in [1.807, 2.05) is 32.2 Å². The Morgan fingerprint density at radius 2 is 1.82 bits per heavy atom. The normalized spacial score (nSPS) is 18.5. The van der Waals surface area contributed by atoms with Crippen molar-refractivity contribution in [2.45, 2.75) is 63.6 Å². The summed E-state index contributed by atoms with van der Waals surface area (Å²) < 4.78 is 5.66. The number of benzene rings is 2. The van der Waals surface area contributed by atoms with Crippen molar-refractivity contribution in [3.8, 4) is 0 Å². The van der Waals surface area contributed by atoms with Crippen LogP contribution in [0, 0.1) is 5.92 Å². The molecule has 3 atom stereocenters. The predicted octanol–water partition coefficient (Wildman–Crippen LogP) is 4.59. The number of ether oxygens (including phenoxy) is 1. The van der Waals surface area contributed by atoms with Gasteiger partial charge in [-0.2, -0.15) is 0 Å². The first-order valence-electron chi connectivity index (χ1n) is 10.6. The summed E-state index contributed by atoms with van der Waals surface area (Å²) in [5, 5.41) is 8.89. The first-order chi connectivity index (χ1) is 13.6. The molecule has 0 saturated heterocycles. The van der Waals surface area contributed by atoms with E-state index in [4.69, 9.17) is 4.74 Å². The molecule has 0 bridgehead atoms. The van der Waals surface area contributed by atoms with E-state index >= 15 is 0 Å². The molecule has 0 spiro atoms. The molecule has 28 heavy (non-hydrogen) atoms. The largest absolute Gasteiger partial charge is 0.370 e. The van der Waals surface area contributed by atoms with Crippen LogP contribution in [0.1, 0.15) is 57.1 Å². The minimum atomic E-state index is -0.482. The van der Waals surface area contributed by atoms with Gasteiger partial charge in [-0.15, -0.1) is 0 Å². The summed E-state index contributed by atoms with van der Waals surface area (Å²) in [6, 6.07) is 14.5. The van der Waals surface area contributed by atoms with E-state index in [0.717, 1.165) is 12.0 Å². The minimum Gasteiger partial charge on any atom is -0.370 e. The Morgan fingerprint density at radius 3 is 2.54 bits per heavy atom. The Balaban J connectivity index is 1.69. The lowest BCUT2D eigenvalue weighted by Crippen LogP contribution is -2.50. The zero-order chi connectivity index (χ0) is 19.9. The molecule has 0 aromatic heterocycles. The maximum Gasteiger partial charge on any atom is 0.251 e. The van der Waals surface area contributed by atoms with Crippen LogP contribution in [0.5, 0.6) is 0 Å². The van der Waals surface area contributed by atoms with Crippen molar-refractivity contribution in [2.75, 3.05) is 14.2 Å². The molecular formula is C24H34N2O2. The van der Waals surface area contributed by atoms with E-state index in [9.17, 15) is 4.79 Å². The SMILES string of the molecule is CN[C@H](CC1CCCCC1)C(OC)C(=O)NC(C)c1cccc2ccccc12. The topological polar surface area (TPSA) is 50.4 Å². The third kappa shape index (κ3) is 4.92. The van der Waals surface area contributed by atoms with Gasteiger partial charge < -0.3 is 15.4 Å². The number of nitrogens with one attached hydrogen (secondary N) is 2. The average molecular weight is 383 g/mol. The van der Waals surface area contributed by atoms with Gasteiger partial charge in [0.1, 0.15) is 0 Å². The van der Waals surface area contributed by atoms with Crippen molar-refractivity contribution in [1.82, 2.24) is 10.6 Å². The number of carbonyl (C=O) groups excluding carboxylic acids is 1. The highest BCUT2D eigenvalue weighted by atomic mass is 16.5. The Bertz CT molecular complexity index is 765. The van der Waals surface area contributed by atoms with Crippen LogP contribution in [0.3, 0.4) is 0 Å². The van der Waals surface area contributed by atoms with Crippen LogP contribution in [-0.4, -0.2) is 32.2 Å². The van der Waals surface area contributed by atoms with E-state index in [2.05, 4.69) is 34.9 Å². The Hall–Kier alpha value is -1.91. The summed E-state index contributed by atoms with van der Waals surface area (Å²) in [7, 11) is 3.57. The van der Waals surface area contributed by atoms with Crippen LogP contribution in [0.4, 0.5) is 0 Å². The zero-order valence-electron chi connectivity index (χ0n) is 17.4. The van der Waals surface area contributed by atoms with Gasteiger partial charge >= 0.3 is 0 Å². The number of rotatable bonds is 8. The molecular weight excluding hydrogens is 348 g/mol. The maximum atomic E-state index is 13.1. The number of hydrogen-bond acceptors (Lipinski definition) is 3. The van der Waals surface area contributed by atoms with Gasteiger partial charge in [-0.25, -0.2) is 0 Å². The van der Waals surface area contributed by atoms with Crippen LogP contribution < -0.4 is 10.6 Å². The molecule has 4 nitrogen and oxygen atoms in total. The standard InChI is InChI=1S/C24H34N2O2/c1-17(20-15-9-13-19-12-7-8-14-21(19)20)26-24(27)23(28-3)22(25-2)16-18-10-5-4-6-11-18/h7-9,12-15,17-18,22-23,25H,4-6,10-11,16H2,1-3H3,(H,26,27)/t17?,22-,23?/m1/s1. The van der Waals surface area contributed by atoms with Crippen molar-refractivity contribution in [3.05, 3.63) is 48.0 Å². The molecule has 1 amide bonds. The molecule has 1 aliphatic carbocycles. The number of amides is 1. The van der Waals surface area contributed by atoms with Crippen LogP contribution in [-0.2, 0) is 9.53 Å². The lowest BCUT2D eigenvalue weighted by molar-refractivity contribution is -0.133. The summed E-state index contributed by atoms with van der Waals surface area (Å²) in [6.45, 7) is 2.04. The summed E-state index contributed by atoms with van der Waals surface area (Å²) >= 11 is 0. The highest BCUT2D eigenvalue weighted by molar-refractivity contribution is 5.87. The number of methoxy groups -OCH3 is 1. The molecule has 2 aromatic carbocycles. The highest BCUT2D eigenvalue weighted by Gasteiger charge is 2.31. The minimum absolute atomic E-state index is 0.0350. The fraction of sp³-hybridized carbons (Fsp3) is 0.542. The van der Waals surface area contributed by atoms with Gasteiger partial charge in [0.25, 0.3) is 5.91 Å². The summed E-state index contributed by atoms with van der Waals surface area (Å²) in [5.41, 5.74) is 1.13. The first-order valence-corrected chi connectivity index (χ1v) is 10.6. The second-order valence-corrected chi connectivity index (χ2v) is 8.09. The van der Waals surface area contributed by atoms with Gasteiger partial charge in [0.05, 0.1) is 6.04 Å². The number of likely N-dealkylation sites (N-methyl/N-ethyl adjacent to an activating group) is 1. The molecule has 4 heteroatoms. The van der Waals surface area contributed by atoms with Crippen LogP contribution in [0.25, 0.3) is 10.8 Å². The zero-order valence-corrected chi connectivity index (χ0v) is 17.4. The van der Waals surface area contributed by atoms with E-state index in [1.165, 1.54) is 42.9 Å². The van der Waals surface area contributed by atoms with Crippen LogP contribution in [0.2, 0.25) is 0 Å². The third-order valence-electron chi connectivity index (χ3n) is 6.21. The van der Waals surface area contributed by atoms with Crippen molar-refractivity contribution in [1.29, 1.82) is 0 Å². The van der Waals surface area contributed by atoms with Crippen molar-refractivity contribution in [2.24, 2.45) is 5.92 Å². The molecule has 152 valence electrons. The number of fused-ring (bicyclic) bond motifs is 1. The van der Waals surface area contributed by atoms with Crippen molar-refractivity contribution in [3.63, 3.8) is 0 Å². The first kappa shape index (κ1) is 20.8. The second-order valence-electron chi connectivity index (χ2n) is 8.09. The molecule has 1 saturated carbocycles. The van der Waals surface area contributed by atoms with Crippen LogP contribution >= 0.6 is 0 Å². The highest BCUT2D eigenvalue weighted by Crippen LogP contribution is 2.29. The molecule has 3 rings (SSSR count). The number of hydrogen-bond donors (Lipinski definition) is 2. The molecule has 2 aromatic rings. The van der Waals surface area contributed by atoms with Crippen molar-refractivity contribution >= 4 is 16.7 Å². The Kier molecular flexibility index (Phi) is 7.46. The Labute approximate surface area is 169 Å². The smallest absolute Gasteiger partial charge is 0.251 e. The van der Waals surface area contributed by atoms with Gasteiger partial charge in [-0.05, 0) is 42.6 Å². The molecule has 2 N–H and O–H groups in total. The van der Waals surface area contributed by atoms with E-state index in [0.29, 0.717) is 5.92 Å². The van der Waals surface area contributed by atoms with Gasteiger partial charge in [-0.3, -0.25) is 4.79 Å². The average Bonchev–Trinajstić information content (AvgIpc) is 2.73. The van der Waals surface area contributed by atoms with E-state index in [-0.39, 0.29) is 18.0 Å². The summed E-state index contributed by atoms with van der Waals surface area (Å²) in [4.78, 5) is 13.1. The predicted molar refractivity (Wildman–Crippen MR) is 115 cm³/mol. The third-order valence-corrected chi connectivity index (χ3v) is 6.21. The molecule has 1 fully saturated rings. The van der Waals surface area contributed by atoms with E-state index in [1.54, 1.807) is 7.11 Å². The fourth-order valence-electron chi connectivity index (χ4n) is 4.63. The molecule has 0 heterocycles. The van der Waals surface area contributed by atoms with E-state index < -0.39 is 6.10 Å². The van der Waals surface area contributed by atoms with Gasteiger partial charge in [0.15, 0.2) is 6.10 Å². The fourth-order valence-corrected chi connectivity index (χ4v) is 4.63. The molecule has 2 unspecified atom stereocenters.